The van der Waals surface area contributed by atoms with Crippen LogP contribution in [0, 0.1) is 29.1 Å². The van der Waals surface area contributed by atoms with Crippen LogP contribution in [0.15, 0.2) is 24.3 Å². The number of carbonyl (C=O) groups is 2. The van der Waals surface area contributed by atoms with Crippen LogP contribution in [0.25, 0.3) is 0 Å². The Bertz CT molecular complexity index is 973. The molecule has 0 aromatic heterocycles. The quantitative estimate of drug-likeness (QED) is 0.346. The number of carbonyl (C=O) groups excluding carboxylic acids is 1. The number of hydrogen-bond donors (Lipinski definition) is 1. The summed E-state index contributed by atoms with van der Waals surface area (Å²) in [6.45, 7) is 14.9. The van der Waals surface area contributed by atoms with Crippen molar-refractivity contribution in [2.75, 3.05) is 26.2 Å². The average Bonchev–Trinajstić information content (AvgIpc) is 2.81. The minimum atomic E-state index is -2.17. The predicted molar refractivity (Wildman–Crippen MR) is 141 cm³/mol. The molecule has 2 saturated heterocycles. The third-order valence-electron chi connectivity index (χ3n) is 7.77. The number of nitrogens with zero attached hydrogens (tertiary/aromatic N) is 3. The fourth-order valence-corrected chi connectivity index (χ4v) is 5.82. The van der Waals surface area contributed by atoms with Gasteiger partial charge in [-0.1, -0.05) is 27.7 Å². The maximum absolute atomic E-state index is 12.7. The van der Waals surface area contributed by atoms with Crippen LogP contribution in [0.1, 0.15) is 52.5 Å². The van der Waals surface area contributed by atoms with Crippen molar-refractivity contribution < 1.29 is 28.7 Å². The van der Waals surface area contributed by atoms with E-state index >= 15 is 0 Å². The van der Waals surface area contributed by atoms with E-state index in [2.05, 4.69) is 39.9 Å². The van der Waals surface area contributed by atoms with Gasteiger partial charge in [0.05, 0.1) is 11.6 Å². The second-order valence-electron chi connectivity index (χ2n) is 12.0. The highest BCUT2D eigenvalue weighted by Gasteiger charge is 2.41. The van der Waals surface area contributed by atoms with Crippen molar-refractivity contribution in [3.8, 4) is 11.8 Å². The predicted octanol–water partition coefficient (Wildman–Crippen LogP) is 5.09. The molecule has 204 valence electrons. The monoisotopic (exact) mass is 531 g/mol. The summed E-state index contributed by atoms with van der Waals surface area (Å²) in [6.07, 6.45) is 0.294. The zero-order valence-electron chi connectivity index (χ0n) is 22.9. The topological polar surface area (TPSA) is 112 Å². The maximum atomic E-state index is 12.7. The first kappa shape index (κ1) is 29.0. The number of rotatable bonds is 9. The van der Waals surface area contributed by atoms with Gasteiger partial charge in [-0.3, -0.25) is 4.79 Å². The van der Waals surface area contributed by atoms with Gasteiger partial charge in [0, 0.05) is 38.5 Å². The van der Waals surface area contributed by atoms with Crippen LogP contribution in [0.5, 0.6) is 5.75 Å². The zero-order valence-corrected chi connectivity index (χ0v) is 23.9. The lowest BCUT2D eigenvalue weighted by molar-refractivity contribution is -0.208. The van der Waals surface area contributed by atoms with Gasteiger partial charge in [-0.15, -0.1) is 5.06 Å². The van der Waals surface area contributed by atoms with Crippen molar-refractivity contribution in [3.63, 3.8) is 0 Å². The van der Waals surface area contributed by atoms with Crippen molar-refractivity contribution in [2.45, 2.75) is 71.4 Å². The van der Waals surface area contributed by atoms with Crippen molar-refractivity contribution in [1.29, 1.82) is 5.26 Å². The lowest BCUT2D eigenvalue weighted by Crippen LogP contribution is -2.54. The maximum Gasteiger partial charge on any atom is 0.407 e. The Kier molecular flexibility index (Phi) is 9.26. The van der Waals surface area contributed by atoms with E-state index in [1.807, 2.05) is 6.92 Å². The Balaban J connectivity index is 1.58. The number of piperidine rings is 2. The lowest BCUT2D eigenvalue weighted by Gasteiger charge is -2.43. The van der Waals surface area contributed by atoms with Gasteiger partial charge in [-0.05, 0) is 67.1 Å². The van der Waals surface area contributed by atoms with Crippen molar-refractivity contribution >= 4 is 20.4 Å². The number of amides is 1. The molecule has 10 heteroatoms. The fraction of sp³-hybridized carbons (Fsp3) is 0.667. The Morgan fingerprint density at radius 2 is 1.73 bits per heavy atom. The molecule has 0 radical (unpaired) electrons. The van der Waals surface area contributed by atoms with Crippen molar-refractivity contribution in [2.24, 2.45) is 17.8 Å². The van der Waals surface area contributed by atoms with Gasteiger partial charge in [0.2, 0.25) is 0 Å². The first-order valence-corrected chi connectivity index (χ1v) is 16.0. The van der Waals surface area contributed by atoms with Crippen LogP contribution < -0.4 is 4.74 Å². The summed E-state index contributed by atoms with van der Waals surface area (Å²) < 4.78 is 12.9. The Morgan fingerprint density at radius 3 is 2.24 bits per heavy atom. The number of nitriles is 1. The van der Waals surface area contributed by atoms with E-state index in [1.165, 1.54) is 4.90 Å². The van der Waals surface area contributed by atoms with Gasteiger partial charge >= 0.3 is 12.1 Å². The van der Waals surface area contributed by atoms with Gasteiger partial charge in [0.1, 0.15) is 5.75 Å². The second kappa shape index (κ2) is 11.8. The Hall–Kier alpha value is -2.61. The largest absolute Gasteiger partial charge is 0.466 e. The molecule has 1 amide bonds. The molecule has 3 rings (SSSR count). The standard InChI is InChI=1S/C27H41N3O6Si/c1-19(7-12-24(31)35-30-17-21-13-22(18-30)16-29(15-21)26(32)33)25(36-37(5,6)27(2,3)4)34-23-10-8-20(14-28)9-11-23/h8-11,19,21-22,25H,7,12-13,15-18H2,1-6H3,(H,32,33). The summed E-state index contributed by atoms with van der Waals surface area (Å²) in [5.41, 5.74) is 0.558. The van der Waals surface area contributed by atoms with E-state index < -0.39 is 20.7 Å². The van der Waals surface area contributed by atoms with E-state index in [4.69, 9.17) is 19.3 Å². The smallest absolute Gasteiger partial charge is 0.407 e. The number of likely N-dealkylation sites (tertiary alicyclic amines) is 1. The number of hydrogen-bond acceptors (Lipinski definition) is 7. The molecule has 4 unspecified atom stereocenters. The molecule has 0 aliphatic carbocycles. The number of fused-ring (bicyclic) bond motifs is 2. The summed E-state index contributed by atoms with van der Waals surface area (Å²) in [6, 6.07) is 9.06. The van der Waals surface area contributed by atoms with Crippen molar-refractivity contribution in [3.05, 3.63) is 29.8 Å². The molecule has 2 fully saturated rings. The molecule has 2 bridgehead atoms. The Labute approximate surface area is 221 Å². The molecule has 9 nitrogen and oxygen atoms in total. The molecule has 1 N–H and O–H groups in total. The van der Waals surface area contributed by atoms with Gasteiger partial charge in [-0.25, -0.2) is 4.79 Å². The second-order valence-corrected chi connectivity index (χ2v) is 16.7. The van der Waals surface area contributed by atoms with E-state index in [9.17, 15) is 14.7 Å². The third-order valence-corrected chi connectivity index (χ3v) is 12.2. The summed E-state index contributed by atoms with van der Waals surface area (Å²) in [7, 11) is -2.17. The lowest BCUT2D eigenvalue weighted by atomic mass is 9.86. The molecule has 2 aliphatic heterocycles. The van der Waals surface area contributed by atoms with Crippen LogP contribution in [0.2, 0.25) is 18.1 Å². The highest BCUT2D eigenvalue weighted by Crippen LogP contribution is 2.39. The SMILES string of the molecule is CC(CCC(=O)ON1CC2CC(C1)CN(C(=O)O)C2)C(Oc1ccc(C#N)cc1)O[Si](C)(C)C(C)(C)C. The number of benzene rings is 1. The molecule has 2 heterocycles. The summed E-state index contributed by atoms with van der Waals surface area (Å²) in [5.74, 6) is 0.595. The van der Waals surface area contributed by atoms with Gasteiger partial charge in [-0.2, -0.15) is 5.26 Å². The fourth-order valence-electron chi connectivity index (χ4n) is 4.60. The molecule has 0 saturated carbocycles. The molecular weight excluding hydrogens is 490 g/mol. The van der Waals surface area contributed by atoms with Crippen LogP contribution in [0.4, 0.5) is 4.79 Å². The zero-order chi connectivity index (χ0) is 27.4. The first-order chi connectivity index (χ1) is 17.3. The first-order valence-electron chi connectivity index (χ1n) is 13.1. The summed E-state index contributed by atoms with van der Waals surface area (Å²) >= 11 is 0. The number of ether oxygens (including phenoxy) is 1. The van der Waals surface area contributed by atoms with Crippen LogP contribution in [0.3, 0.4) is 0 Å². The summed E-state index contributed by atoms with van der Waals surface area (Å²) in [4.78, 5) is 31.2. The minimum Gasteiger partial charge on any atom is -0.466 e. The highest BCUT2D eigenvalue weighted by molar-refractivity contribution is 6.74. The van der Waals surface area contributed by atoms with E-state index in [-0.39, 0.29) is 35.2 Å². The van der Waals surface area contributed by atoms with Crippen molar-refractivity contribution in [1.82, 2.24) is 9.96 Å². The summed E-state index contributed by atoms with van der Waals surface area (Å²) in [5, 5.41) is 20.1. The molecule has 2 aliphatic rings. The van der Waals surface area contributed by atoms with Gasteiger partial charge in [0.15, 0.2) is 14.6 Å². The average molecular weight is 532 g/mol. The molecular formula is C27H41N3O6Si. The molecule has 37 heavy (non-hydrogen) atoms. The molecule has 4 atom stereocenters. The van der Waals surface area contributed by atoms with Gasteiger partial charge < -0.3 is 24.0 Å². The third kappa shape index (κ3) is 7.93. The molecule has 1 aromatic rings. The van der Waals surface area contributed by atoms with Gasteiger partial charge in [0.25, 0.3) is 0 Å². The van der Waals surface area contributed by atoms with E-state index in [1.54, 1.807) is 29.3 Å². The van der Waals surface area contributed by atoms with E-state index in [0.29, 0.717) is 43.9 Å². The highest BCUT2D eigenvalue weighted by atomic mass is 28.4. The normalized spacial score (nSPS) is 22.0. The molecule has 1 aromatic carbocycles. The van der Waals surface area contributed by atoms with Crippen LogP contribution >= 0.6 is 0 Å². The van der Waals surface area contributed by atoms with Crippen LogP contribution in [-0.4, -0.2) is 67.9 Å². The van der Waals surface area contributed by atoms with Crippen LogP contribution in [-0.2, 0) is 14.1 Å². The Morgan fingerprint density at radius 1 is 1.14 bits per heavy atom. The minimum absolute atomic E-state index is 0.0134. The molecule has 0 spiro atoms. The van der Waals surface area contributed by atoms with E-state index in [0.717, 1.165) is 6.42 Å². The number of hydroxylamine groups is 2. The number of carboxylic acid groups (broad SMARTS) is 1.